The molecule has 1 saturated carbocycles. The summed E-state index contributed by atoms with van der Waals surface area (Å²) in [5.41, 5.74) is 7.92. The summed E-state index contributed by atoms with van der Waals surface area (Å²) >= 11 is 2.99. The molecule has 2 heterocycles. The van der Waals surface area contributed by atoms with Gasteiger partial charge in [0.25, 0.3) is 0 Å². The number of ether oxygens (including phenoxy) is 1. The first kappa shape index (κ1) is 14.7. The lowest BCUT2D eigenvalue weighted by Gasteiger charge is -2.11. The van der Waals surface area contributed by atoms with Crippen LogP contribution >= 0.6 is 22.9 Å². The Labute approximate surface area is 132 Å². The maximum atomic E-state index is 5.98. The van der Waals surface area contributed by atoms with Crippen molar-refractivity contribution in [2.75, 3.05) is 24.2 Å². The molecule has 21 heavy (non-hydrogen) atoms. The number of nitrogen functional groups attached to an aromatic ring is 1. The Bertz CT molecular complexity index is 590. The molecule has 0 amide bonds. The fraction of sp³-hybridized carbons (Fsp3) is 0.571. The van der Waals surface area contributed by atoms with E-state index >= 15 is 0 Å². The second kappa shape index (κ2) is 6.72. The summed E-state index contributed by atoms with van der Waals surface area (Å²) < 4.78 is 10.1. The number of nitrogens with one attached hydrogen (secondary N) is 1. The normalized spacial score (nSPS) is 15.7. The number of aromatic nitrogens is 2. The lowest BCUT2D eigenvalue weighted by atomic mass is 10.3. The summed E-state index contributed by atoms with van der Waals surface area (Å²) in [7, 11) is 0. The van der Waals surface area contributed by atoms with Crippen LogP contribution in [-0.2, 0) is 4.74 Å². The molecule has 1 fully saturated rings. The van der Waals surface area contributed by atoms with Crippen LogP contribution in [0, 0.1) is 6.92 Å². The molecule has 7 heteroatoms. The molecule has 114 valence electrons. The number of hydrogen-bond donors (Lipinski definition) is 2. The molecule has 5 nitrogen and oxygen atoms in total. The van der Waals surface area contributed by atoms with Gasteiger partial charge in [-0.05, 0) is 31.3 Å². The summed E-state index contributed by atoms with van der Waals surface area (Å²) in [6.45, 7) is 3.48. The van der Waals surface area contributed by atoms with Gasteiger partial charge in [0.2, 0.25) is 0 Å². The monoisotopic (exact) mass is 324 g/mol. The number of nitrogens with two attached hydrogens (primary N) is 1. The largest absolute Gasteiger partial charge is 0.382 e. The summed E-state index contributed by atoms with van der Waals surface area (Å²) in [5.74, 6) is 0.550. The van der Waals surface area contributed by atoms with Crippen LogP contribution in [0.2, 0.25) is 0 Å². The zero-order chi connectivity index (χ0) is 14.7. The van der Waals surface area contributed by atoms with Gasteiger partial charge >= 0.3 is 0 Å². The Morgan fingerprint density at radius 2 is 2.24 bits per heavy atom. The highest BCUT2D eigenvalue weighted by Gasteiger charge is 2.17. The van der Waals surface area contributed by atoms with Crippen molar-refractivity contribution in [1.82, 2.24) is 9.36 Å². The van der Waals surface area contributed by atoms with E-state index in [1.807, 2.05) is 12.3 Å². The molecular formula is C14H20N4OS2. The Balaban J connectivity index is 1.58. The van der Waals surface area contributed by atoms with Crippen molar-refractivity contribution in [1.29, 1.82) is 0 Å². The van der Waals surface area contributed by atoms with E-state index in [2.05, 4.69) is 14.7 Å². The van der Waals surface area contributed by atoms with Gasteiger partial charge in [0.05, 0.1) is 18.3 Å². The van der Waals surface area contributed by atoms with E-state index in [0.717, 1.165) is 34.4 Å². The quantitative estimate of drug-likeness (QED) is 0.795. The number of anilines is 2. The highest BCUT2D eigenvalue weighted by Crippen LogP contribution is 2.38. The summed E-state index contributed by atoms with van der Waals surface area (Å²) in [6.07, 6.45) is 5.47. The van der Waals surface area contributed by atoms with E-state index in [0.29, 0.717) is 11.9 Å². The topological polar surface area (TPSA) is 73.1 Å². The fourth-order valence-electron chi connectivity index (χ4n) is 2.54. The minimum atomic E-state index is 0.458. The van der Waals surface area contributed by atoms with Gasteiger partial charge in [-0.1, -0.05) is 12.8 Å². The highest BCUT2D eigenvalue weighted by atomic mass is 32.1. The van der Waals surface area contributed by atoms with E-state index in [1.54, 1.807) is 11.3 Å². The van der Waals surface area contributed by atoms with Gasteiger partial charge in [-0.2, -0.15) is 4.37 Å². The number of thiazole rings is 1. The Hall–Kier alpha value is -1.18. The third-order valence-corrected chi connectivity index (χ3v) is 5.39. The first-order valence-corrected chi connectivity index (χ1v) is 8.92. The maximum absolute atomic E-state index is 5.98. The molecule has 0 saturated heterocycles. The predicted octanol–water partition coefficient (Wildman–Crippen LogP) is 3.53. The van der Waals surface area contributed by atoms with Gasteiger partial charge in [-0.15, -0.1) is 11.3 Å². The van der Waals surface area contributed by atoms with E-state index < -0.39 is 0 Å². The van der Waals surface area contributed by atoms with E-state index in [1.165, 1.54) is 37.2 Å². The van der Waals surface area contributed by atoms with Crippen LogP contribution in [0.3, 0.4) is 0 Å². The van der Waals surface area contributed by atoms with Crippen LogP contribution in [0.1, 0.15) is 31.4 Å². The average Bonchev–Trinajstić information content (AvgIpc) is 3.17. The molecule has 2 aromatic heterocycles. The molecular weight excluding hydrogens is 304 g/mol. The average molecular weight is 324 g/mol. The van der Waals surface area contributed by atoms with Crippen LogP contribution in [0.15, 0.2) is 5.38 Å². The Kier molecular flexibility index (Phi) is 4.72. The van der Waals surface area contributed by atoms with Gasteiger partial charge in [-0.3, -0.25) is 0 Å². The number of rotatable bonds is 6. The smallest absolute Gasteiger partial charge is 0.149 e. The molecule has 0 atom stereocenters. The van der Waals surface area contributed by atoms with Crippen molar-refractivity contribution in [3.63, 3.8) is 0 Å². The third kappa shape index (κ3) is 3.53. The van der Waals surface area contributed by atoms with Crippen LogP contribution < -0.4 is 11.1 Å². The van der Waals surface area contributed by atoms with Crippen LogP contribution in [-0.4, -0.2) is 28.6 Å². The van der Waals surface area contributed by atoms with E-state index in [-0.39, 0.29) is 0 Å². The van der Waals surface area contributed by atoms with Gasteiger partial charge in [0.15, 0.2) is 0 Å². The second-order valence-corrected chi connectivity index (χ2v) is 6.90. The number of hydrogen-bond acceptors (Lipinski definition) is 7. The van der Waals surface area contributed by atoms with Gasteiger partial charge < -0.3 is 15.8 Å². The molecule has 1 aliphatic carbocycles. The lowest BCUT2D eigenvalue weighted by Crippen LogP contribution is -2.15. The third-order valence-electron chi connectivity index (χ3n) is 3.59. The Morgan fingerprint density at radius 1 is 1.43 bits per heavy atom. The van der Waals surface area contributed by atoms with Crippen molar-refractivity contribution in [2.45, 2.75) is 38.7 Å². The van der Waals surface area contributed by atoms with Crippen molar-refractivity contribution in [3.8, 4) is 10.6 Å². The molecule has 0 aromatic carbocycles. The minimum absolute atomic E-state index is 0.458. The zero-order valence-electron chi connectivity index (χ0n) is 12.1. The lowest BCUT2D eigenvalue weighted by molar-refractivity contribution is 0.0659. The SMILES string of the molecule is Cc1csc(-c2c(N)nsc2NCCOC2CCCC2)n1. The molecule has 0 aliphatic heterocycles. The number of aryl methyl sites for hydroxylation is 1. The first-order valence-electron chi connectivity index (χ1n) is 7.27. The molecule has 0 radical (unpaired) electrons. The summed E-state index contributed by atoms with van der Waals surface area (Å²) in [4.78, 5) is 4.50. The minimum Gasteiger partial charge on any atom is -0.382 e. The highest BCUT2D eigenvalue weighted by molar-refractivity contribution is 7.15. The maximum Gasteiger partial charge on any atom is 0.149 e. The van der Waals surface area contributed by atoms with Crippen LogP contribution in [0.4, 0.5) is 10.8 Å². The summed E-state index contributed by atoms with van der Waals surface area (Å²) in [5, 5.41) is 7.32. The van der Waals surface area contributed by atoms with E-state index in [4.69, 9.17) is 10.5 Å². The van der Waals surface area contributed by atoms with Crippen LogP contribution in [0.5, 0.6) is 0 Å². The van der Waals surface area contributed by atoms with Gasteiger partial charge in [0, 0.05) is 17.6 Å². The standard InChI is InChI=1S/C14H20N4OS2/c1-9-8-20-14(17-9)11-12(15)18-21-13(11)16-6-7-19-10-4-2-3-5-10/h8,10,16H,2-7H2,1H3,(H2,15,18). The molecule has 3 N–H and O–H groups in total. The number of nitrogens with zero attached hydrogens (tertiary/aromatic N) is 2. The van der Waals surface area contributed by atoms with Crippen molar-refractivity contribution in [3.05, 3.63) is 11.1 Å². The molecule has 0 bridgehead atoms. The zero-order valence-corrected chi connectivity index (χ0v) is 13.7. The molecule has 1 aliphatic rings. The molecule has 2 aromatic rings. The Morgan fingerprint density at radius 3 is 2.95 bits per heavy atom. The fourth-order valence-corrected chi connectivity index (χ4v) is 4.20. The van der Waals surface area contributed by atoms with Crippen molar-refractivity contribution < 1.29 is 4.74 Å². The van der Waals surface area contributed by atoms with E-state index in [9.17, 15) is 0 Å². The summed E-state index contributed by atoms with van der Waals surface area (Å²) in [6, 6.07) is 0. The first-order chi connectivity index (χ1) is 10.2. The predicted molar refractivity (Wildman–Crippen MR) is 89.1 cm³/mol. The van der Waals surface area contributed by atoms with Crippen LogP contribution in [0.25, 0.3) is 10.6 Å². The van der Waals surface area contributed by atoms with Crippen molar-refractivity contribution in [2.24, 2.45) is 0 Å². The van der Waals surface area contributed by atoms with Gasteiger partial charge in [-0.25, -0.2) is 4.98 Å². The van der Waals surface area contributed by atoms with Gasteiger partial charge in [0.1, 0.15) is 15.8 Å². The second-order valence-electron chi connectivity index (χ2n) is 5.27. The van der Waals surface area contributed by atoms with Crippen molar-refractivity contribution >= 4 is 33.7 Å². The molecule has 0 spiro atoms. The molecule has 3 rings (SSSR count). The molecule has 0 unspecified atom stereocenters.